The molecular weight excluding hydrogens is 238 g/mol. The predicted octanol–water partition coefficient (Wildman–Crippen LogP) is 3.21. The fraction of sp³-hybridized carbons (Fsp3) is 0.250. The summed E-state index contributed by atoms with van der Waals surface area (Å²) in [6.45, 7) is 1.93. The van der Waals surface area contributed by atoms with Gasteiger partial charge in [-0.1, -0.05) is 0 Å². The SMILES string of the molecule is COc1ccc(C(=O)CCc2ccncc2)c(C)c1. The molecule has 3 heteroatoms. The highest BCUT2D eigenvalue weighted by molar-refractivity contribution is 5.97. The number of pyridine rings is 1. The van der Waals surface area contributed by atoms with E-state index in [2.05, 4.69) is 4.98 Å². The van der Waals surface area contributed by atoms with Gasteiger partial charge in [0.25, 0.3) is 0 Å². The fourth-order valence-corrected chi connectivity index (χ4v) is 2.02. The molecule has 0 saturated heterocycles. The Morgan fingerprint density at radius 2 is 1.95 bits per heavy atom. The van der Waals surface area contributed by atoms with Gasteiger partial charge in [-0.15, -0.1) is 0 Å². The molecule has 2 rings (SSSR count). The molecule has 1 heterocycles. The third kappa shape index (κ3) is 3.41. The average molecular weight is 255 g/mol. The van der Waals surface area contributed by atoms with Crippen LogP contribution in [0.25, 0.3) is 0 Å². The first-order chi connectivity index (χ1) is 9.20. The van der Waals surface area contributed by atoms with E-state index in [0.29, 0.717) is 6.42 Å². The fourth-order valence-electron chi connectivity index (χ4n) is 2.02. The zero-order valence-electron chi connectivity index (χ0n) is 11.2. The van der Waals surface area contributed by atoms with Gasteiger partial charge in [0.1, 0.15) is 5.75 Å². The van der Waals surface area contributed by atoms with E-state index < -0.39 is 0 Å². The van der Waals surface area contributed by atoms with Crippen molar-refractivity contribution in [3.8, 4) is 5.75 Å². The molecule has 2 aromatic rings. The summed E-state index contributed by atoms with van der Waals surface area (Å²) < 4.78 is 5.14. The van der Waals surface area contributed by atoms with Crippen LogP contribution in [-0.4, -0.2) is 17.9 Å². The molecule has 0 N–H and O–H groups in total. The van der Waals surface area contributed by atoms with Crippen LogP contribution in [0.1, 0.15) is 27.9 Å². The van der Waals surface area contributed by atoms with Crippen LogP contribution in [0.4, 0.5) is 0 Å². The van der Waals surface area contributed by atoms with Crippen molar-refractivity contribution >= 4 is 5.78 Å². The molecule has 1 aromatic carbocycles. The smallest absolute Gasteiger partial charge is 0.163 e. The van der Waals surface area contributed by atoms with Gasteiger partial charge in [0.15, 0.2) is 5.78 Å². The first-order valence-corrected chi connectivity index (χ1v) is 6.27. The predicted molar refractivity (Wildman–Crippen MR) is 74.6 cm³/mol. The Morgan fingerprint density at radius 3 is 2.58 bits per heavy atom. The number of hydrogen-bond acceptors (Lipinski definition) is 3. The molecule has 0 unspecified atom stereocenters. The molecule has 0 radical (unpaired) electrons. The maximum Gasteiger partial charge on any atom is 0.163 e. The Labute approximate surface area is 113 Å². The minimum atomic E-state index is 0.164. The van der Waals surface area contributed by atoms with Gasteiger partial charge in [-0.25, -0.2) is 0 Å². The van der Waals surface area contributed by atoms with Crippen LogP contribution in [0.3, 0.4) is 0 Å². The van der Waals surface area contributed by atoms with Crippen molar-refractivity contribution in [1.29, 1.82) is 0 Å². The van der Waals surface area contributed by atoms with E-state index in [1.165, 1.54) is 0 Å². The van der Waals surface area contributed by atoms with E-state index in [1.54, 1.807) is 19.5 Å². The molecule has 0 amide bonds. The van der Waals surface area contributed by atoms with Crippen molar-refractivity contribution in [2.45, 2.75) is 19.8 Å². The summed E-state index contributed by atoms with van der Waals surface area (Å²) in [5.74, 6) is 0.945. The molecule has 0 bridgehead atoms. The summed E-state index contributed by atoms with van der Waals surface area (Å²) in [7, 11) is 1.62. The van der Waals surface area contributed by atoms with E-state index >= 15 is 0 Å². The number of hydrogen-bond donors (Lipinski definition) is 0. The van der Waals surface area contributed by atoms with Crippen LogP contribution in [-0.2, 0) is 6.42 Å². The number of aryl methyl sites for hydroxylation is 2. The minimum absolute atomic E-state index is 0.164. The second-order valence-electron chi connectivity index (χ2n) is 4.46. The number of ketones is 1. The lowest BCUT2D eigenvalue weighted by atomic mass is 9.99. The highest BCUT2D eigenvalue weighted by Crippen LogP contribution is 2.18. The third-order valence-electron chi connectivity index (χ3n) is 3.12. The summed E-state index contributed by atoms with van der Waals surface area (Å²) >= 11 is 0. The number of aromatic nitrogens is 1. The maximum absolute atomic E-state index is 12.2. The summed E-state index contributed by atoms with van der Waals surface area (Å²) in [5, 5.41) is 0. The second kappa shape index (κ2) is 6.14. The Morgan fingerprint density at radius 1 is 1.21 bits per heavy atom. The standard InChI is InChI=1S/C16H17NO2/c1-12-11-14(19-2)4-5-15(12)16(18)6-3-13-7-9-17-10-8-13/h4-5,7-11H,3,6H2,1-2H3. The molecule has 1 aromatic heterocycles. The van der Waals surface area contributed by atoms with E-state index in [4.69, 9.17) is 4.74 Å². The minimum Gasteiger partial charge on any atom is -0.497 e. The molecule has 0 aliphatic rings. The van der Waals surface area contributed by atoms with Crippen LogP contribution in [0.15, 0.2) is 42.7 Å². The van der Waals surface area contributed by atoms with Crippen LogP contribution in [0.2, 0.25) is 0 Å². The van der Waals surface area contributed by atoms with E-state index in [1.807, 2.05) is 37.3 Å². The highest BCUT2D eigenvalue weighted by Gasteiger charge is 2.09. The molecule has 0 aliphatic heterocycles. The van der Waals surface area contributed by atoms with E-state index in [-0.39, 0.29) is 5.78 Å². The number of methoxy groups -OCH3 is 1. The van der Waals surface area contributed by atoms with Crippen molar-refractivity contribution in [2.75, 3.05) is 7.11 Å². The Balaban J connectivity index is 2.04. The number of benzene rings is 1. The van der Waals surface area contributed by atoms with Crippen molar-refractivity contribution < 1.29 is 9.53 Å². The summed E-state index contributed by atoms with van der Waals surface area (Å²) in [4.78, 5) is 16.1. The highest BCUT2D eigenvalue weighted by atomic mass is 16.5. The number of nitrogens with zero attached hydrogens (tertiary/aromatic N) is 1. The van der Waals surface area contributed by atoms with E-state index in [0.717, 1.165) is 28.9 Å². The van der Waals surface area contributed by atoms with Crippen LogP contribution in [0, 0.1) is 6.92 Å². The quantitative estimate of drug-likeness (QED) is 0.770. The number of Topliss-reactive ketones (excluding diaryl/α,β-unsaturated/α-hetero) is 1. The summed E-state index contributed by atoms with van der Waals surface area (Å²) in [5.41, 5.74) is 2.86. The zero-order valence-corrected chi connectivity index (χ0v) is 11.2. The van der Waals surface area contributed by atoms with Gasteiger partial charge in [0, 0.05) is 24.4 Å². The van der Waals surface area contributed by atoms with Gasteiger partial charge in [0.05, 0.1) is 7.11 Å². The van der Waals surface area contributed by atoms with Gasteiger partial charge in [-0.05, 0) is 54.8 Å². The Hall–Kier alpha value is -2.16. The summed E-state index contributed by atoms with van der Waals surface area (Å²) in [6.07, 6.45) is 4.75. The largest absolute Gasteiger partial charge is 0.497 e. The average Bonchev–Trinajstić information content (AvgIpc) is 2.45. The number of ether oxygens (including phenoxy) is 1. The third-order valence-corrected chi connectivity index (χ3v) is 3.12. The van der Waals surface area contributed by atoms with Crippen molar-refractivity contribution in [3.05, 3.63) is 59.4 Å². The number of carbonyl (C=O) groups excluding carboxylic acids is 1. The molecule has 19 heavy (non-hydrogen) atoms. The lowest BCUT2D eigenvalue weighted by Gasteiger charge is -2.07. The molecule has 0 spiro atoms. The topological polar surface area (TPSA) is 39.2 Å². The Kier molecular flexibility index (Phi) is 4.29. The van der Waals surface area contributed by atoms with E-state index in [9.17, 15) is 4.79 Å². The van der Waals surface area contributed by atoms with Crippen molar-refractivity contribution in [2.24, 2.45) is 0 Å². The maximum atomic E-state index is 12.2. The lowest BCUT2D eigenvalue weighted by molar-refractivity contribution is 0.0982. The van der Waals surface area contributed by atoms with Gasteiger partial charge in [-0.2, -0.15) is 0 Å². The summed E-state index contributed by atoms with van der Waals surface area (Å²) in [6, 6.07) is 9.43. The van der Waals surface area contributed by atoms with Gasteiger partial charge in [-0.3, -0.25) is 9.78 Å². The molecule has 0 fully saturated rings. The lowest BCUT2D eigenvalue weighted by Crippen LogP contribution is -2.03. The van der Waals surface area contributed by atoms with Crippen molar-refractivity contribution in [3.63, 3.8) is 0 Å². The molecule has 0 aliphatic carbocycles. The first-order valence-electron chi connectivity index (χ1n) is 6.27. The normalized spacial score (nSPS) is 10.2. The molecule has 98 valence electrons. The number of rotatable bonds is 5. The van der Waals surface area contributed by atoms with Crippen molar-refractivity contribution in [1.82, 2.24) is 4.98 Å². The van der Waals surface area contributed by atoms with Crippen LogP contribution in [0.5, 0.6) is 5.75 Å². The first kappa shape index (κ1) is 13.3. The zero-order chi connectivity index (χ0) is 13.7. The van der Waals surface area contributed by atoms with Gasteiger partial charge < -0.3 is 4.74 Å². The Bertz CT molecular complexity index is 564. The van der Waals surface area contributed by atoms with Crippen LogP contribution >= 0.6 is 0 Å². The molecule has 0 saturated carbocycles. The molecule has 0 atom stereocenters. The monoisotopic (exact) mass is 255 g/mol. The number of carbonyl (C=O) groups is 1. The molecule has 3 nitrogen and oxygen atoms in total. The van der Waals surface area contributed by atoms with Gasteiger partial charge in [0.2, 0.25) is 0 Å². The van der Waals surface area contributed by atoms with Gasteiger partial charge >= 0.3 is 0 Å². The second-order valence-corrected chi connectivity index (χ2v) is 4.46. The molecular formula is C16H17NO2. The van der Waals surface area contributed by atoms with Crippen LogP contribution < -0.4 is 4.74 Å².